The molecule has 0 unspecified atom stereocenters. The molecule has 2 aromatic rings. The molecular formula is C14H16N2O2S. The van der Waals surface area contributed by atoms with Crippen LogP contribution in [0.2, 0.25) is 0 Å². The molecular weight excluding hydrogens is 260 g/mol. The van der Waals surface area contributed by atoms with Gasteiger partial charge in [0.05, 0.1) is 18.7 Å². The predicted molar refractivity (Wildman–Crippen MR) is 76.2 cm³/mol. The van der Waals surface area contributed by atoms with Crippen molar-refractivity contribution in [2.24, 2.45) is 0 Å². The van der Waals surface area contributed by atoms with Crippen LogP contribution in [-0.2, 0) is 17.8 Å². The highest BCUT2D eigenvalue weighted by Crippen LogP contribution is 2.16. The lowest BCUT2D eigenvalue weighted by Gasteiger charge is -2.20. The molecule has 1 amide bonds. The standard InChI is InChI=1S/C14H16N2O2S/c1-2-16(12-6-4-3-5-7-12)14(18)8-13-15-11(9-17)10-19-13/h3-7,10,17H,2,8-9H2,1H3. The molecule has 0 aliphatic heterocycles. The van der Waals surface area contributed by atoms with Crippen LogP contribution >= 0.6 is 11.3 Å². The first kappa shape index (κ1) is 13.7. The van der Waals surface area contributed by atoms with E-state index in [1.807, 2.05) is 37.3 Å². The van der Waals surface area contributed by atoms with Gasteiger partial charge in [0.25, 0.3) is 0 Å². The molecule has 0 aliphatic rings. The van der Waals surface area contributed by atoms with E-state index in [1.54, 1.807) is 10.3 Å². The number of hydrogen-bond acceptors (Lipinski definition) is 4. The summed E-state index contributed by atoms with van der Waals surface area (Å²) in [7, 11) is 0. The van der Waals surface area contributed by atoms with Gasteiger partial charge in [0.1, 0.15) is 5.01 Å². The zero-order valence-electron chi connectivity index (χ0n) is 10.7. The maximum Gasteiger partial charge on any atom is 0.233 e. The minimum absolute atomic E-state index is 0.0209. The van der Waals surface area contributed by atoms with Crippen LogP contribution in [0.3, 0.4) is 0 Å². The normalized spacial score (nSPS) is 10.4. The summed E-state index contributed by atoms with van der Waals surface area (Å²) >= 11 is 1.41. The Kier molecular flexibility index (Phi) is 4.65. The Labute approximate surface area is 116 Å². The Bertz CT molecular complexity index is 539. The van der Waals surface area contributed by atoms with E-state index in [2.05, 4.69) is 4.98 Å². The maximum atomic E-state index is 12.3. The fourth-order valence-electron chi connectivity index (χ4n) is 1.84. The van der Waals surface area contributed by atoms with Gasteiger partial charge >= 0.3 is 0 Å². The summed E-state index contributed by atoms with van der Waals surface area (Å²) in [4.78, 5) is 18.2. The molecule has 0 atom stereocenters. The Balaban J connectivity index is 2.09. The van der Waals surface area contributed by atoms with Crippen LogP contribution in [0.1, 0.15) is 17.6 Å². The van der Waals surface area contributed by atoms with Gasteiger partial charge in [-0.25, -0.2) is 4.98 Å². The largest absolute Gasteiger partial charge is 0.390 e. The van der Waals surface area contributed by atoms with Crippen LogP contribution in [0.15, 0.2) is 35.7 Å². The molecule has 0 aliphatic carbocycles. The summed E-state index contributed by atoms with van der Waals surface area (Å²) in [6, 6.07) is 9.60. The summed E-state index contributed by atoms with van der Waals surface area (Å²) in [5.74, 6) is 0.0209. The van der Waals surface area contributed by atoms with Crippen molar-refractivity contribution in [1.29, 1.82) is 0 Å². The van der Waals surface area contributed by atoms with Crippen LogP contribution in [0.4, 0.5) is 5.69 Å². The van der Waals surface area contributed by atoms with Crippen LogP contribution < -0.4 is 4.90 Å². The third-order valence-corrected chi connectivity index (χ3v) is 3.65. The van der Waals surface area contributed by atoms with Crippen LogP contribution in [0.25, 0.3) is 0 Å². The number of thiazole rings is 1. The lowest BCUT2D eigenvalue weighted by Crippen LogP contribution is -2.31. The average Bonchev–Trinajstić information content (AvgIpc) is 2.88. The second-order valence-electron chi connectivity index (χ2n) is 4.04. The number of carbonyl (C=O) groups is 1. The van der Waals surface area contributed by atoms with Crippen molar-refractivity contribution in [3.8, 4) is 0 Å². The molecule has 0 saturated heterocycles. The Morgan fingerprint density at radius 1 is 1.37 bits per heavy atom. The van der Waals surface area contributed by atoms with E-state index in [9.17, 15) is 4.79 Å². The molecule has 100 valence electrons. The number of carbonyl (C=O) groups excluding carboxylic acids is 1. The van der Waals surface area contributed by atoms with E-state index in [0.717, 1.165) is 10.7 Å². The fourth-order valence-corrected chi connectivity index (χ4v) is 2.61. The third-order valence-electron chi connectivity index (χ3n) is 2.75. The van der Waals surface area contributed by atoms with Gasteiger partial charge in [-0.15, -0.1) is 11.3 Å². The van der Waals surface area contributed by atoms with Crippen LogP contribution in [-0.4, -0.2) is 22.5 Å². The minimum Gasteiger partial charge on any atom is -0.390 e. The number of nitrogens with zero attached hydrogens (tertiary/aromatic N) is 2. The number of anilines is 1. The third kappa shape index (κ3) is 3.39. The summed E-state index contributed by atoms with van der Waals surface area (Å²) in [5, 5.41) is 11.5. The summed E-state index contributed by atoms with van der Waals surface area (Å²) in [6.45, 7) is 2.49. The van der Waals surface area contributed by atoms with Gasteiger partial charge < -0.3 is 10.0 Å². The second kappa shape index (κ2) is 6.45. The van der Waals surface area contributed by atoms with Gasteiger partial charge in [-0.3, -0.25) is 4.79 Å². The van der Waals surface area contributed by atoms with E-state index in [0.29, 0.717) is 12.2 Å². The number of amides is 1. The van der Waals surface area contributed by atoms with Crippen molar-refractivity contribution in [3.63, 3.8) is 0 Å². The molecule has 1 heterocycles. The molecule has 0 radical (unpaired) electrons. The molecule has 5 heteroatoms. The molecule has 19 heavy (non-hydrogen) atoms. The maximum absolute atomic E-state index is 12.3. The molecule has 1 aromatic heterocycles. The number of benzene rings is 1. The highest BCUT2D eigenvalue weighted by atomic mass is 32.1. The van der Waals surface area contributed by atoms with Crippen molar-refractivity contribution in [1.82, 2.24) is 4.98 Å². The first-order valence-corrected chi connectivity index (χ1v) is 7.02. The minimum atomic E-state index is -0.0825. The molecule has 1 N–H and O–H groups in total. The number of para-hydroxylation sites is 1. The number of aromatic nitrogens is 1. The van der Waals surface area contributed by atoms with E-state index in [-0.39, 0.29) is 18.9 Å². The van der Waals surface area contributed by atoms with Gasteiger partial charge in [-0.1, -0.05) is 18.2 Å². The van der Waals surface area contributed by atoms with Gasteiger partial charge in [0.15, 0.2) is 0 Å². The predicted octanol–water partition coefficient (Wildman–Crippen LogP) is 2.23. The highest BCUT2D eigenvalue weighted by molar-refractivity contribution is 7.09. The lowest BCUT2D eigenvalue weighted by atomic mass is 10.2. The fraction of sp³-hybridized carbons (Fsp3) is 0.286. The summed E-state index contributed by atoms with van der Waals surface area (Å²) in [5.41, 5.74) is 1.52. The Morgan fingerprint density at radius 3 is 2.68 bits per heavy atom. The number of likely N-dealkylation sites (N-methyl/N-ethyl adjacent to an activating group) is 1. The van der Waals surface area contributed by atoms with Gasteiger partial charge in [0.2, 0.25) is 5.91 Å². The highest BCUT2D eigenvalue weighted by Gasteiger charge is 2.15. The Hall–Kier alpha value is -1.72. The number of aliphatic hydroxyl groups is 1. The molecule has 0 fully saturated rings. The van der Waals surface area contributed by atoms with Gasteiger partial charge in [0, 0.05) is 17.6 Å². The summed E-state index contributed by atoms with van der Waals surface area (Å²) in [6.07, 6.45) is 0.271. The number of aliphatic hydroxyl groups excluding tert-OH is 1. The molecule has 0 bridgehead atoms. The van der Waals surface area contributed by atoms with Crippen molar-refractivity contribution in [3.05, 3.63) is 46.4 Å². The van der Waals surface area contributed by atoms with Crippen molar-refractivity contribution >= 4 is 22.9 Å². The first-order valence-electron chi connectivity index (χ1n) is 6.14. The van der Waals surface area contributed by atoms with Crippen LogP contribution in [0, 0.1) is 0 Å². The lowest BCUT2D eigenvalue weighted by molar-refractivity contribution is -0.117. The first-order chi connectivity index (χ1) is 9.24. The Morgan fingerprint density at radius 2 is 2.11 bits per heavy atom. The van der Waals surface area contributed by atoms with E-state index in [1.165, 1.54) is 11.3 Å². The van der Waals surface area contributed by atoms with Gasteiger partial charge in [-0.2, -0.15) is 0 Å². The molecule has 0 saturated carbocycles. The zero-order valence-corrected chi connectivity index (χ0v) is 11.6. The van der Waals surface area contributed by atoms with Crippen molar-refractivity contribution < 1.29 is 9.90 Å². The van der Waals surface area contributed by atoms with E-state index < -0.39 is 0 Å². The molecule has 0 spiro atoms. The van der Waals surface area contributed by atoms with E-state index in [4.69, 9.17) is 5.11 Å². The molecule has 4 nitrogen and oxygen atoms in total. The quantitative estimate of drug-likeness (QED) is 0.911. The van der Waals surface area contributed by atoms with Crippen molar-refractivity contribution in [2.75, 3.05) is 11.4 Å². The van der Waals surface area contributed by atoms with Crippen LogP contribution in [0.5, 0.6) is 0 Å². The number of rotatable bonds is 5. The molecule has 1 aromatic carbocycles. The second-order valence-corrected chi connectivity index (χ2v) is 4.98. The summed E-state index contributed by atoms with van der Waals surface area (Å²) < 4.78 is 0. The monoisotopic (exact) mass is 276 g/mol. The van der Waals surface area contributed by atoms with Crippen molar-refractivity contribution in [2.45, 2.75) is 20.0 Å². The van der Waals surface area contributed by atoms with E-state index >= 15 is 0 Å². The topological polar surface area (TPSA) is 53.4 Å². The average molecular weight is 276 g/mol. The zero-order chi connectivity index (χ0) is 13.7. The smallest absolute Gasteiger partial charge is 0.233 e. The molecule has 2 rings (SSSR count). The number of hydrogen-bond donors (Lipinski definition) is 1. The SMILES string of the molecule is CCN(C(=O)Cc1nc(CO)cs1)c1ccccc1. The van der Waals surface area contributed by atoms with Gasteiger partial charge in [-0.05, 0) is 19.1 Å².